The van der Waals surface area contributed by atoms with Crippen molar-refractivity contribution in [2.45, 2.75) is 38.2 Å². The Hall–Kier alpha value is -2.62. The summed E-state index contributed by atoms with van der Waals surface area (Å²) in [6.45, 7) is 5.71. The Morgan fingerprint density at radius 1 is 1.17 bits per heavy atom. The topological polar surface area (TPSA) is 122 Å². The van der Waals surface area contributed by atoms with Gasteiger partial charge in [0.15, 0.2) is 5.82 Å². The number of hydrogen-bond acceptors (Lipinski definition) is 8. The second-order valence-electron chi connectivity index (χ2n) is 7.60. The van der Waals surface area contributed by atoms with Crippen LogP contribution in [0.4, 0.5) is 11.6 Å². The molecule has 0 bridgehead atoms. The van der Waals surface area contributed by atoms with Gasteiger partial charge in [0, 0.05) is 32.5 Å². The number of nitrogens with one attached hydrogen (secondary N) is 1. The van der Waals surface area contributed by atoms with E-state index in [0.29, 0.717) is 25.6 Å². The van der Waals surface area contributed by atoms with Crippen molar-refractivity contribution < 1.29 is 14.2 Å². The Kier molecular flexibility index (Phi) is 6.11. The minimum atomic E-state index is -1.13. The van der Waals surface area contributed by atoms with Gasteiger partial charge in [-0.2, -0.15) is 5.10 Å². The van der Waals surface area contributed by atoms with Crippen LogP contribution >= 0.6 is 0 Å². The molecule has 0 saturated heterocycles. The van der Waals surface area contributed by atoms with Crippen LogP contribution in [-0.4, -0.2) is 49.0 Å². The third kappa shape index (κ3) is 4.69. The summed E-state index contributed by atoms with van der Waals surface area (Å²) in [7, 11) is 3.34. The molecule has 3 rings (SSSR count). The predicted octanol–water partition coefficient (Wildman–Crippen LogP) is 1.92. The molecule has 9 nitrogen and oxygen atoms in total. The molecule has 1 aromatic heterocycles. The first-order valence-electron chi connectivity index (χ1n) is 9.54. The summed E-state index contributed by atoms with van der Waals surface area (Å²) in [4.78, 5) is 4.50. The Bertz CT molecular complexity index is 862. The molecule has 1 aromatic carbocycles. The number of nitrogens with two attached hydrogens (primary N) is 2. The van der Waals surface area contributed by atoms with Gasteiger partial charge in [-0.05, 0) is 44.5 Å². The molecule has 0 saturated carbocycles. The normalized spacial score (nSPS) is 18.4. The zero-order valence-electron chi connectivity index (χ0n) is 17.4. The van der Waals surface area contributed by atoms with Gasteiger partial charge in [-0.15, -0.1) is 0 Å². The highest BCUT2D eigenvalue weighted by molar-refractivity contribution is 5.94. The van der Waals surface area contributed by atoms with E-state index in [2.05, 4.69) is 15.4 Å². The van der Waals surface area contributed by atoms with Crippen molar-refractivity contribution in [3.63, 3.8) is 0 Å². The second-order valence-corrected chi connectivity index (χ2v) is 7.60. The monoisotopic (exact) mass is 402 g/mol. The van der Waals surface area contributed by atoms with Crippen LogP contribution in [0, 0.1) is 0 Å². The number of aryl methyl sites for hydroxylation is 1. The maximum absolute atomic E-state index is 6.58. The van der Waals surface area contributed by atoms with E-state index < -0.39 is 5.79 Å². The van der Waals surface area contributed by atoms with Crippen molar-refractivity contribution in [1.82, 2.24) is 9.78 Å². The summed E-state index contributed by atoms with van der Waals surface area (Å²) in [6, 6.07) is 7.49. The molecular formula is C20H30N6O3. The van der Waals surface area contributed by atoms with E-state index in [1.165, 1.54) is 0 Å². The maximum atomic E-state index is 6.58. The molecule has 158 valence electrons. The summed E-state index contributed by atoms with van der Waals surface area (Å²) in [5.74, 6) is 0.771. The maximum Gasteiger partial charge on any atom is 0.210 e. The van der Waals surface area contributed by atoms with E-state index in [4.69, 9.17) is 25.7 Å². The Balaban J connectivity index is 1.78. The first kappa shape index (κ1) is 21.1. The second kappa shape index (κ2) is 8.40. The van der Waals surface area contributed by atoms with Crippen molar-refractivity contribution in [3.05, 3.63) is 35.4 Å². The van der Waals surface area contributed by atoms with Crippen molar-refractivity contribution in [1.29, 1.82) is 0 Å². The van der Waals surface area contributed by atoms with Crippen molar-refractivity contribution in [2.24, 2.45) is 10.7 Å². The van der Waals surface area contributed by atoms with Crippen LogP contribution in [0.15, 0.2) is 29.3 Å². The molecule has 1 unspecified atom stereocenters. The van der Waals surface area contributed by atoms with Gasteiger partial charge in [-0.25, -0.2) is 9.67 Å². The average Bonchev–Trinajstić information content (AvgIpc) is 3.02. The first-order valence-corrected chi connectivity index (χ1v) is 9.54. The number of ether oxygens (including phenoxy) is 3. The fourth-order valence-electron chi connectivity index (χ4n) is 2.97. The quantitative estimate of drug-likeness (QED) is 0.548. The van der Waals surface area contributed by atoms with Crippen molar-refractivity contribution in [3.8, 4) is 5.75 Å². The van der Waals surface area contributed by atoms with E-state index in [0.717, 1.165) is 29.1 Å². The van der Waals surface area contributed by atoms with E-state index >= 15 is 0 Å². The summed E-state index contributed by atoms with van der Waals surface area (Å²) < 4.78 is 17.9. The molecular weight excluding hydrogens is 372 g/mol. The molecule has 0 fully saturated rings. The molecule has 2 aromatic rings. The zero-order valence-corrected chi connectivity index (χ0v) is 17.4. The number of anilines is 2. The highest BCUT2D eigenvalue weighted by Gasteiger charge is 2.33. The lowest BCUT2D eigenvalue weighted by molar-refractivity contribution is 0.0114. The van der Waals surface area contributed by atoms with Crippen LogP contribution in [0.5, 0.6) is 5.75 Å². The van der Waals surface area contributed by atoms with E-state index in [-0.39, 0.29) is 5.60 Å². The third-order valence-electron chi connectivity index (χ3n) is 5.05. The first-order chi connectivity index (χ1) is 13.8. The van der Waals surface area contributed by atoms with Gasteiger partial charge in [0.1, 0.15) is 18.2 Å². The molecule has 0 aliphatic carbocycles. The Labute approximate surface area is 171 Å². The van der Waals surface area contributed by atoms with Gasteiger partial charge >= 0.3 is 0 Å². The Morgan fingerprint density at radius 3 is 2.55 bits per heavy atom. The van der Waals surface area contributed by atoms with Crippen molar-refractivity contribution >= 4 is 17.9 Å². The summed E-state index contributed by atoms with van der Waals surface area (Å²) >= 11 is 0. The van der Waals surface area contributed by atoms with Gasteiger partial charge in [0.25, 0.3) is 0 Å². The SMILES string of the molecule is COCCOc1ccc(C2(N)N=Cc3c(N)nn(CCC(C)(C)OC)c3N2)cc1. The van der Waals surface area contributed by atoms with E-state index in [1.807, 2.05) is 42.8 Å². The van der Waals surface area contributed by atoms with Crippen LogP contribution < -0.4 is 21.5 Å². The summed E-state index contributed by atoms with van der Waals surface area (Å²) in [6.07, 6.45) is 2.44. The fourth-order valence-corrected chi connectivity index (χ4v) is 2.97. The van der Waals surface area contributed by atoms with Crippen LogP contribution in [0.1, 0.15) is 31.4 Å². The third-order valence-corrected chi connectivity index (χ3v) is 5.05. The molecule has 0 amide bonds. The average molecular weight is 402 g/mol. The van der Waals surface area contributed by atoms with Gasteiger partial charge in [-0.3, -0.25) is 5.73 Å². The summed E-state index contributed by atoms with van der Waals surface area (Å²) in [5.41, 5.74) is 13.9. The van der Waals surface area contributed by atoms with Gasteiger partial charge < -0.3 is 25.3 Å². The van der Waals surface area contributed by atoms with Crippen LogP contribution in [0.25, 0.3) is 0 Å². The molecule has 29 heavy (non-hydrogen) atoms. The number of nitrogens with zero attached hydrogens (tertiary/aromatic N) is 3. The number of aliphatic imine (C=N–C) groups is 1. The zero-order chi connectivity index (χ0) is 21.1. The lowest BCUT2D eigenvalue weighted by Gasteiger charge is -2.31. The molecule has 2 heterocycles. The lowest BCUT2D eigenvalue weighted by Crippen LogP contribution is -2.45. The highest BCUT2D eigenvalue weighted by Crippen LogP contribution is 2.33. The minimum absolute atomic E-state index is 0.269. The smallest absolute Gasteiger partial charge is 0.210 e. The number of hydrogen-bond donors (Lipinski definition) is 3. The molecule has 5 N–H and O–H groups in total. The summed E-state index contributed by atoms with van der Waals surface area (Å²) in [5, 5.41) is 7.75. The molecule has 1 aliphatic rings. The molecule has 9 heteroatoms. The number of rotatable bonds is 9. The number of fused-ring (bicyclic) bond motifs is 1. The van der Waals surface area contributed by atoms with E-state index in [1.54, 1.807) is 20.4 Å². The molecule has 0 radical (unpaired) electrons. The lowest BCUT2D eigenvalue weighted by atomic mass is 10.1. The van der Waals surface area contributed by atoms with Crippen molar-refractivity contribution in [2.75, 3.05) is 38.5 Å². The van der Waals surface area contributed by atoms with Gasteiger partial charge in [0.2, 0.25) is 5.79 Å². The largest absolute Gasteiger partial charge is 0.491 e. The van der Waals surface area contributed by atoms with E-state index in [9.17, 15) is 0 Å². The number of benzene rings is 1. The van der Waals surface area contributed by atoms with Gasteiger partial charge in [-0.1, -0.05) is 0 Å². The van der Waals surface area contributed by atoms with Crippen LogP contribution in [0.2, 0.25) is 0 Å². The number of nitrogen functional groups attached to an aromatic ring is 1. The number of aromatic nitrogens is 2. The number of methoxy groups -OCH3 is 2. The van der Waals surface area contributed by atoms with Crippen LogP contribution in [0.3, 0.4) is 0 Å². The highest BCUT2D eigenvalue weighted by atomic mass is 16.5. The molecule has 0 spiro atoms. The predicted molar refractivity (Wildman–Crippen MR) is 113 cm³/mol. The minimum Gasteiger partial charge on any atom is -0.491 e. The molecule has 1 aliphatic heterocycles. The fraction of sp³-hybridized carbons (Fsp3) is 0.500. The molecule has 1 atom stereocenters. The standard InChI is InChI=1S/C20H30N6O3/c1-19(2,28-4)9-10-26-18-16(17(21)25-26)13-23-20(22,24-18)14-5-7-15(8-6-14)29-12-11-27-3/h5-8,13,24H,9-12,22H2,1-4H3,(H2,21,25). The van der Waals surface area contributed by atoms with Crippen LogP contribution in [-0.2, 0) is 21.8 Å². The van der Waals surface area contributed by atoms with Gasteiger partial charge in [0.05, 0.1) is 17.8 Å². The Morgan fingerprint density at radius 2 is 1.90 bits per heavy atom.